The van der Waals surface area contributed by atoms with Crippen LogP contribution in [-0.4, -0.2) is 11.6 Å². The molecule has 0 atom stereocenters. The highest BCUT2D eigenvalue weighted by Crippen LogP contribution is 2.35. The second-order valence-electron chi connectivity index (χ2n) is 8.50. The predicted octanol–water partition coefficient (Wildman–Crippen LogP) is 7.46. The van der Waals surface area contributed by atoms with Gasteiger partial charge in [-0.15, -0.1) is 0 Å². The van der Waals surface area contributed by atoms with Crippen LogP contribution in [-0.2, 0) is 0 Å². The quantitative estimate of drug-likeness (QED) is 0.288. The summed E-state index contributed by atoms with van der Waals surface area (Å²) in [6, 6.07) is 39.7. The summed E-state index contributed by atoms with van der Waals surface area (Å²) >= 11 is 0. The monoisotopic (exact) mass is 436 g/mol. The molecule has 0 amide bonds. The van der Waals surface area contributed by atoms with Gasteiger partial charge in [-0.3, -0.25) is 9.59 Å². The van der Waals surface area contributed by atoms with E-state index in [4.69, 9.17) is 0 Å². The second kappa shape index (κ2) is 8.09. The van der Waals surface area contributed by atoms with Crippen molar-refractivity contribution in [2.24, 2.45) is 0 Å². The molecule has 5 aromatic carbocycles. The topological polar surface area (TPSA) is 34.1 Å². The average molecular weight is 437 g/mol. The molecule has 160 valence electrons. The average Bonchev–Trinajstić information content (AvgIpc) is 2.92. The molecule has 0 radical (unpaired) electrons. The third kappa shape index (κ3) is 3.37. The molecule has 5 aromatic rings. The smallest absolute Gasteiger partial charge is 0.194 e. The van der Waals surface area contributed by atoms with Gasteiger partial charge in [0.2, 0.25) is 0 Å². The number of carbonyl (C=O) groups excluding carboxylic acids is 2. The SMILES string of the molecule is O=C1c2ccccc2C(=O)c2cc(-c3cc(-c4ccccc4)cc(-c4ccccc4)c3)ccc21. The van der Waals surface area contributed by atoms with Gasteiger partial charge < -0.3 is 0 Å². The van der Waals surface area contributed by atoms with Crippen molar-refractivity contribution in [2.45, 2.75) is 0 Å². The Morgan fingerprint density at radius 2 is 0.706 bits per heavy atom. The van der Waals surface area contributed by atoms with Crippen molar-refractivity contribution in [2.75, 3.05) is 0 Å². The third-order valence-electron chi connectivity index (χ3n) is 6.41. The Morgan fingerprint density at radius 1 is 0.294 bits per heavy atom. The summed E-state index contributed by atoms with van der Waals surface area (Å²) in [6.45, 7) is 0. The van der Waals surface area contributed by atoms with Gasteiger partial charge in [0.25, 0.3) is 0 Å². The molecule has 0 N–H and O–H groups in total. The molecule has 6 rings (SSSR count). The number of hydrogen-bond acceptors (Lipinski definition) is 2. The van der Waals surface area contributed by atoms with Crippen LogP contribution in [0.15, 0.2) is 121 Å². The lowest BCUT2D eigenvalue weighted by molar-refractivity contribution is 0.0979. The van der Waals surface area contributed by atoms with Crippen LogP contribution >= 0.6 is 0 Å². The van der Waals surface area contributed by atoms with E-state index in [2.05, 4.69) is 42.5 Å². The van der Waals surface area contributed by atoms with Gasteiger partial charge in [-0.25, -0.2) is 0 Å². The summed E-state index contributed by atoms with van der Waals surface area (Å²) in [4.78, 5) is 26.3. The zero-order valence-corrected chi connectivity index (χ0v) is 18.4. The van der Waals surface area contributed by atoms with Crippen molar-refractivity contribution >= 4 is 11.6 Å². The van der Waals surface area contributed by atoms with Crippen LogP contribution in [0.1, 0.15) is 31.8 Å². The summed E-state index contributed by atoms with van der Waals surface area (Å²) in [6.07, 6.45) is 0. The number of benzene rings is 5. The van der Waals surface area contributed by atoms with E-state index in [9.17, 15) is 9.59 Å². The van der Waals surface area contributed by atoms with Gasteiger partial charge in [-0.1, -0.05) is 91.0 Å². The van der Waals surface area contributed by atoms with Crippen LogP contribution in [0.4, 0.5) is 0 Å². The van der Waals surface area contributed by atoms with Crippen LogP contribution in [0.25, 0.3) is 33.4 Å². The Labute approximate surface area is 198 Å². The van der Waals surface area contributed by atoms with Crippen molar-refractivity contribution in [1.29, 1.82) is 0 Å². The van der Waals surface area contributed by atoms with Gasteiger partial charge in [-0.2, -0.15) is 0 Å². The fourth-order valence-corrected chi connectivity index (χ4v) is 4.67. The normalized spacial score (nSPS) is 12.2. The fourth-order valence-electron chi connectivity index (χ4n) is 4.67. The highest BCUT2D eigenvalue weighted by molar-refractivity contribution is 6.28. The molecule has 0 saturated carbocycles. The van der Waals surface area contributed by atoms with Crippen LogP contribution < -0.4 is 0 Å². The summed E-state index contributed by atoms with van der Waals surface area (Å²) in [5, 5.41) is 0. The van der Waals surface area contributed by atoms with Crippen molar-refractivity contribution in [3.63, 3.8) is 0 Å². The zero-order valence-electron chi connectivity index (χ0n) is 18.4. The van der Waals surface area contributed by atoms with Crippen molar-refractivity contribution < 1.29 is 9.59 Å². The predicted molar refractivity (Wildman–Crippen MR) is 136 cm³/mol. The highest BCUT2D eigenvalue weighted by Gasteiger charge is 2.29. The van der Waals surface area contributed by atoms with Crippen LogP contribution in [0.3, 0.4) is 0 Å². The molecule has 0 aromatic heterocycles. The molecule has 34 heavy (non-hydrogen) atoms. The zero-order chi connectivity index (χ0) is 23.1. The Morgan fingerprint density at radius 3 is 1.24 bits per heavy atom. The molecule has 0 saturated heterocycles. The first-order valence-electron chi connectivity index (χ1n) is 11.3. The molecule has 0 heterocycles. The molecule has 0 bridgehead atoms. The van der Waals surface area contributed by atoms with Gasteiger partial charge in [0.1, 0.15) is 0 Å². The maximum Gasteiger partial charge on any atom is 0.194 e. The van der Waals surface area contributed by atoms with E-state index in [1.807, 2.05) is 48.5 Å². The fraction of sp³-hybridized carbons (Fsp3) is 0. The van der Waals surface area contributed by atoms with E-state index in [1.54, 1.807) is 30.3 Å². The molecular formula is C32H20O2. The first kappa shape index (κ1) is 20.1. The Kier molecular flexibility index (Phi) is 4.78. The maximum atomic E-state index is 13.3. The lowest BCUT2D eigenvalue weighted by Crippen LogP contribution is -2.20. The molecule has 0 unspecified atom stereocenters. The summed E-state index contributed by atoms with van der Waals surface area (Å²) in [5.41, 5.74) is 8.24. The summed E-state index contributed by atoms with van der Waals surface area (Å²) in [7, 11) is 0. The Hall–Kier alpha value is -4.56. The van der Waals surface area contributed by atoms with Crippen LogP contribution in [0, 0.1) is 0 Å². The molecule has 1 aliphatic carbocycles. The minimum atomic E-state index is -0.102. The lowest BCUT2D eigenvalue weighted by Gasteiger charge is -2.18. The van der Waals surface area contributed by atoms with Gasteiger partial charge in [0, 0.05) is 22.3 Å². The largest absolute Gasteiger partial charge is 0.289 e. The minimum Gasteiger partial charge on any atom is -0.289 e. The summed E-state index contributed by atoms with van der Waals surface area (Å²) in [5.74, 6) is -0.200. The van der Waals surface area contributed by atoms with Crippen LogP contribution in [0.5, 0.6) is 0 Å². The van der Waals surface area contributed by atoms with Crippen LogP contribution in [0.2, 0.25) is 0 Å². The molecule has 0 spiro atoms. The highest BCUT2D eigenvalue weighted by atomic mass is 16.1. The number of ketones is 2. The maximum absolute atomic E-state index is 13.3. The van der Waals surface area contributed by atoms with E-state index in [1.165, 1.54) is 0 Å². The molecule has 2 heteroatoms. The molecule has 1 aliphatic rings. The van der Waals surface area contributed by atoms with Crippen molar-refractivity contribution in [1.82, 2.24) is 0 Å². The Balaban J connectivity index is 1.52. The number of carbonyl (C=O) groups is 2. The van der Waals surface area contributed by atoms with Crippen molar-refractivity contribution in [3.8, 4) is 33.4 Å². The lowest BCUT2D eigenvalue weighted by atomic mass is 9.82. The molecule has 0 fully saturated rings. The first-order valence-corrected chi connectivity index (χ1v) is 11.3. The number of hydrogen-bond donors (Lipinski definition) is 0. The van der Waals surface area contributed by atoms with Gasteiger partial charge in [0.15, 0.2) is 11.6 Å². The van der Waals surface area contributed by atoms with Gasteiger partial charge >= 0.3 is 0 Å². The molecule has 2 nitrogen and oxygen atoms in total. The molecule has 0 aliphatic heterocycles. The number of fused-ring (bicyclic) bond motifs is 2. The van der Waals surface area contributed by atoms with Gasteiger partial charge in [0.05, 0.1) is 0 Å². The van der Waals surface area contributed by atoms with Crippen molar-refractivity contribution in [3.05, 3.63) is 144 Å². The standard InChI is InChI=1S/C32H20O2/c33-31-27-13-7-8-14-28(27)32(34)30-20-23(15-16-29(30)31)26-18-24(21-9-3-1-4-10-21)17-25(19-26)22-11-5-2-6-12-22/h1-20H. The van der Waals surface area contributed by atoms with E-state index in [-0.39, 0.29) is 11.6 Å². The van der Waals surface area contributed by atoms with E-state index >= 15 is 0 Å². The minimum absolute atomic E-state index is 0.0974. The molecular weight excluding hydrogens is 416 g/mol. The number of rotatable bonds is 3. The van der Waals surface area contributed by atoms with E-state index in [0.717, 1.165) is 33.4 Å². The summed E-state index contributed by atoms with van der Waals surface area (Å²) < 4.78 is 0. The third-order valence-corrected chi connectivity index (χ3v) is 6.41. The van der Waals surface area contributed by atoms with E-state index < -0.39 is 0 Å². The van der Waals surface area contributed by atoms with E-state index in [0.29, 0.717) is 22.3 Å². The first-order chi connectivity index (χ1) is 16.7. The van der Waals surface area contributed by atoms with Gasteiger partial charge in [-0.05, 0) is 63.7 Å². The Bertz CT molecular complexity index is 1510. The second-order valence-corrected chi connectivity index (χ2v) is 8.50.